The summed E-state index contributed by atoms with van der Waals surface area (Å²) in [7, 11) is 0. The van der Waals surface area contributed by atoms with Crippen molar-refractivity contribution >= 4 is 11.9 Å². The summed E-state index contributed by atoms with van der Waals surface area (Å²) in [5.41, 5.74) is 0.648. The van der Waals surface area contributed by atoms with Crippen LogP contribution in [0.4, 0.5) is 0 Å². The van der Waals surface area contributed by atoms with Gasteiger partial charge >= 0.3 is 11.9 Å². The third-order valence-electron chi connectivity index (χ3n) is 13.1. The van der Waals surface area contributed by atoms with Crippen molar-refractivity contribution in [2.75, 3.05) is 0 Å². The second-order valence-electron chi connectivity index (χ2n) is 14.0. The van der Waals surface area contributed by atoms with Crippen LogP contribution in [0.15, 0.2) is 45.6 Å². The Hall–Kier alpha value is -2.22. The molecule has 0 unspecified atom stereocenters. The zero-order chi connectivity index (χ0) is 26.0. The Labute approximate surface area is 214 Å². The number of carbonyl (C=O) groups is 2. The lowest BCUT2D eigenvalue weighted by Crippen LogP contribution is -2.68. The number of hydrogen-bond donors (Lipinski definition) is 3. The summed E-state index contributed by atoms with van der Waals surface area (Å²) in [6.45, 7) is 12.1. The maximum Gasteiger partial charge on any atom is 0.337 e. The van der Waals surface area contributed by atoms with Gasteiger partial charge in [0, 0.05) is 33.6 Å². The molecular weight excluding hydrogens is 472 g/mol. The monoisotopic (exact) mass is 504 g/mol. The highest BCUT2D eigenvalue weighted by Crippen LogP contribution is 2.84. The summed E-state index contributed by atoms with van der Waals surface area (Å²) in [4.78, 5) is 26.4. The van der Waals surface area contributed by atoms with Gasteiger partial charge in [0.2, 0.25) is 0 Å². The second kappa shape index (κ2) is 5.43. The van der Waals surface area contributed by atoms with Gasteiger partial charge in [-0.25, -0.2) is 9.59 Å². The third kappa shape index (κ3) is 1.77. The maximum atomic E-state index is 13.4. The van der Waals surface area contributed by atoms with Gasteiger partial charge in [0.05, 0.1) is 5.60 Å². The van der Waals surface area contributed by atoms with Crippen molar-refractivity contribution in [1.82, 2.24) is 0 Å². The number of carbonyl (C=O) groups excluding carboxylic acids is 2. The molecule has 2 heterocycles. The number of rotatable bonds is 0. The summed E-state index contributed by atoms with van der Waals surface area (Å²) in [5.74, 6) is -2.63. The van der Waals surface area contributed by atoms with Crippen LogP contribution in [-0.4, -0.2) is 50.4 Å². The zero-order valence-corrected chi connectivity index (χ0v) is 21.6. The Morgan fingerprint density at radius 2 is 1.65 bits per heavy atom. The molecule has 12 atom stereocenters. The molecule has 0 saturated heterocycles. The fraction of sp³-hybridized carbons (Fsp3) is 0.667. The Kier molecular flexibility index (Phi) is 3.18. The van der Waals surface area contributed by atoms with E-state index in [9.17, 15) is 24.9 Å². The summed E-state index contributed by atoms with van der Waals surface area (Å²) >= 11 is 0. The zero-order valence-electron chi connectivity index (χ0n) is 21.6. The van der Waals surface area contributed by atoms with E-state index in [1.807, 2.05) is 13.8 Å². The van der Waals surface area contributed by atoms with E-state index >= 15 is 0 Å². The van der Waals surface area contributed by atoms with E-state index in [4.69, 9.17) is 9.47 Å². The molecule has 7 heteroatoms. The van der Waals surface area contributed by atoms with E-state index in [-0.39, 0.29) is 46.2 Å². The first-order valence-corrected chi connectivity index (χ1v) is 13.7. The van der Waals surface area contributed by atoms with Gasteiger partial charge < -0.3 is 24.8 Å². The Morgan fingerprint density at radius 3 is 2.38 bits per heavy atom. The molecule has 194 valence electrons. The quantitative estimate of drug-likeness (QED) is 0.343. The van der Waals surface area contributed by atoms with Crippen molar-refractivity contribution in [2.24, 2.45) is 46.3 Å². The van der Waals surface area contributed by atoms with Crippen molar-refractivity contribution < 1.29 is 34.4 Å². The summed E-state index contributed by atoms with van der Waals surface area (Å²) in [5, 5.41) is 36.5. The van der Waals surface area contributed by atoms with Crippen molar-refractivity contribution in [3.8, 4) is 0 Å². The summed E-state index contributed by atoms with van der Waals surface area (Å²) < 4.78 is 12.1. The molecule has 5 fully saturated rings. The van der Waals surface area contributed by atoms with Gasteiger partial charge in [0.25, 0.3) is 5.79 Å². The van der Waals surface area contributed by atoms with Crippen LogP contribution in [-0.2, 0) is 19.1 Å². The molecule has 0 aromatic rings. The first kappa shape index (κ1) is 21.7. The lowest BCUT2D eigenvalue weighted by molar-refractivity contribution is -0.243. The predicted molar refractivity (Wildman–Crippen MR) is 128 cm³/mol. The predicted octanol–water partition coefficient (Wildman–Crippen LogP) is 2.47. The highest BCUT2D eigenvalue weighted by atomic mass is 16.7. The highest BCUT2D eigenvalue weighted by Gasteiger charge is 2.85. The van der Waals surface area contributed by atoms with Gasteiger partial charge in [0.1, 0.15) is 6.10 Å². The molecule has 7 aliphatic carbocycles. The summed E-state index contributed by atoms with van der Waals surface area (Å²) in [6, 6.07) is 0. The average Bonchev–Trinajstić information content (AvgIpc) is 3.73. The van der Waals surface area contributed by atoms with Crippen molar-refractivity contribution in [2.45, 2.75) is 76.5 Å². The Bertz CT molecular complexity index is 1450. The molecule has 7 nitrogen and oxygen atoms in total. The standard InChI is InChI=1S/C30H32O7/c1-10-13-6-16(13)26(4)14(10)7-15-11(2)23(31)36-29(15)19(26)9-28(34)18-8-17(18)27(5)22(28)21(29)20-12(3)24(32)37-30(20,35)25(27)33/h13-14,16-19,25,33-35H,1,6-9H2,2-5H3/t13-,14+,16-,17-,18+,19+,25-,26-,27+,28+,29+,30+/m1/s1. The largest absolute Gasteiger partial charge is 0.446 e. The van der Waals surface area contributed by atoms with E-state index in [2.05, 4.69) is 13.5 Å². The molecule has 0 bridgehead atoms. The fourth-order valence-electron chi connectivity index (χ4n) is 11.4. The minimum atomic E-state index is -2.25. The van der Waals surface area contributed by atoms with Crippen LogP contribution in [0.5, 0.6) is 0 Å². The minimum Gasteiger partial charge on any atom is -0.446 e. The van der Waals surface area contributed by atoms with E-state index in [0.29, 0.717) is 41.4 Å². The molecule has 2 aliphatic heterocycles. The van der Waals surface area contributed by atoms with Crippen LogP contribution in [0.2, 0.25) is 0 Å². The first-order chi connectivity index (χ1) is 17.3. The SMILES string of the molecule is C=C1[C@H]2C[C@H]2[C@]2(C)[C@@H]3C[C@@]4(O)C5=C(C6=C(C)C(=O)O[C@]6(O)[C@H](O)[C@@]5(C)[C@@H]5C[C@@H]54)[C@@]34OC(=O)C(C)=C4C[C@@H]12. The molecule has 37 heavy (non-hydrogen) atoms. The Morgan fingerprint density at radius 1 is 0.946 bits per heavy atom. The van der Waals surface area contributed by atoms with Crippen LogP contribution < -0.4 is 0 Å². The lowest BCUT2D eigenvalue weighted by Gasteiger charge is -2.63. The molecule has 0 aromatic heterocycles. The number of ether oxygens (including phenoxy) is 2. The van der Waals surface area contributed by atoms with Crippen LogP contribution in [0.25, 0.3) is 0 Å². The van der Waals surface area contributed by atoms with Crippen molar-refractivity contribution in [3.05, 3.63) is 45.6 Å². The van der Waals surface area contributed by atoms with Crippen LogP contribution in [0.3, 0.4) is 0 Å². The fourth-order valence-corrected chi connectivity index (χ4v) is 11.4. The Balaban J connectivity index is 1.44. The van der Waals surface area contributed by atoms with E-state index in [0.717, 1.165) is 18.4 Å². The van der Waals surface area contributed by atoms with Crippen molar-refractivity contribution in [1.29, 1.82) is 0 Å². The van der Waals surface area contributed by atoms with Gasteiger partial charge in [-0.05, 0) is 85.7 Å². The molecule has 9 aliphatic rings. The van der Waals surface area contributed by atoms with E-state index in [1.54, 1.807) is 6.92 Å². The molecule has 5 saturated carbocycles. The molecule has 3 N–H and O–H groups in total. The van der Waals surface area contributed by atoms with Gasteiger partial charge in [-0.3, -0.25) is 0 Å². The number of esters is 2. The smallest absolute Gasteiger partial charge is 0.337 e. The van der Waals surface area contributed by atoms with Crippen LogP contribution >= 0.6 is 0 Å². The normalized spacial score (nSPS) is 59.3. The van der Waals surface area contributed by atoms with E-state index < -0.39 is 34.5 Å². The topological polar surface area (TPSA) is 113 Å². The number of hydrogen-bond acceptors (Lipinski definition) is 7. The summed E-state index contributed by atoms with van der Waals surface area (Å²) in [6.07, 6.45) is 1.44. The third-order valence-corrected chi connectivity index (χ3v) is 13.1. The molecule has 0 aromatic carbocycles. The van der Waals surface area contributed by atoms with Gasteiger partial charge in [0.15, 0.2) is 5.60 Å². The number of fused-ring (bicyclic) bond motifs is 9. The molecule has 1 spiro atoms. The molecule has 9 rings (SSSR count). The minimum absolute atomic E-state index is 0.0530. The van der Waals surface area contributed by atoms with Gasteiger partial charge in [-0.2, -0.15) is 0 Å². The van der Waals surface area contributed by atoms with Crippen LogP contribution in [0, 0.1) is 46.3 Å². The van der Waals surface area contributed by atoms with E-state index in [1.165, 1.54) is 5.57 Å². The molecular formula is C30H32O7. The first-order valence-electron chi connectivity index (χ1n) is 13.7. The number of aliphatic hydroxyl groups is 3. The van der Waals surface area contributed by atoms with Gasteiger partial charge in [-0.15, -0.1) is 0 Å². The average molecular weight is 505 g/mol. The second-order valence-corrected chi connectivity index (χ2v) is 14.0. The highest BCUT2D eigenvalue weighted by molar-refractivity contribution is 5.97. The van der Waals surface area contributed by atoms with Gasteiger partial charge in [-0.1, -0.05) is 26.0 Å². The number of aliphatic hydroxyl groups excluding tert-OH is 1. The van der Waals surface area contributed by atoms with Crippen LogP contribution in [0.1, 0.15) is 53.4 Å². The number of allylic oxidation sites excluding steroid dienone is 1. The maximum absolute atomic E-state index is 13.4. The molecule has 0 radical (unpaired) electrons. The lowest BCUT2D eigenvalue weighted by atomic mass is 9.43. The molecule has 0 amide bonds. The van der Waals surface area contributed by atoms with Crippen molar-refractivity contribution in [3.63, 3.8) is 0 Å².